The Bertz CT molecular complexity index is 1170. The van der Waals surface area contributed by atoms with E-state index in [-0.39, 0.29) is 5.56 Å². The van der Waals surface area contributed by atoms with Gasteiger partial charge in [0.1, 0.15) is 5.82 Å². The molecule has 0 N–H and O–H groups in total. The summed E-state index contributed by atoms with van der Waals surface area (Å²) in [6.07, 6.45) is 7.13. The first-order valence-electron chi connectivity index (χ1n) is 8.09. The lowest BCUT2D eigenvalue weighted by Crippen LogP contribution is -2.22. The average molecular weight is 360 g/mol. The first kappa shape index (κ1) is 16.2. The van der Waals surface area contributed by atoms with E-state index in [1.54, 1.807) is 30.6 Å². The number of para-hydroxylation sites is 2. The van der Waals surface area contributed by atoms with E-state index in [0.29, 0.717) is 27.4 Å². The van der Waals surface area contributed by atoms with Crippen molar-refractivity contribution in [2.75, 3.05) is 0 Å². The molecular formula is C21H14ClN3O. The molecule has 0 saturated carbocycles. The second-order valence-corrected chi connectivity index (χ2v) is 6.11. The van der Waals surface area contributed by atoms with E-state index in [9.17, 15) is 4.79 Å². The van der Waals surface area contributed by atoms with Crippen LogP contribution in [0.5, 0.6) is 0 Å². The predicted octanol–water partition coefficient (Wildman–Crippen LogP) is 4.60. The summed E-state index contributed by atoms with van der Waals surface area (Å²) in [6, 6.07) is 18.3. The van der Waals surface area contributed by atoms with Gasteiger partial charge in [-0.25, -0.2) is 4.98 Å². The third kappa shape index (κ3) is 3.03. The molecule has 0 saturated heterocycles. The zero-order valence-electron chi connectivity index (χ0n) is 13.7. The summed E-state index contributed by atoms with van der Waals surface area (Å²) >= 11 is 6.35. The summed E-state index contributed by atoms with van der Waals surface area (Å²) in [4.78, 5) is 21.9. The molecule has 0 bridgehead atoms. The smallest absolute Gasteiger partial charge is 0.266 e. The maximum Gasteiger partial charge on any atom is 0.266 e. The molecular weight excluding hydrogens is 346 g/mol. The monoisotopic (exact) mass is 359 g/mol. The van der Waals surface area contributed by atoms with E-state index in [1.807, 2.05) is 54.6 Å². The third-order valence-corrected chi connectivity index (χ3v) is 4.32. The molecule has 2 aromatic carbocycles. The van der Waals surface area contributed by atoms with Crippen LogP contribution < -0.4 is 5.56 Å². The number of hydrogen-bond acceptors (Lipinski definition) is 3. The third-order valence-electron chi connectivity index (χ3n) is 4.00. The second kappa shape index (κ2) is 6.94. The average Bonchev–Trinajstić information content (AvgIpc) is 2.68. The van der Waals surface area contributed by atoms with Gasteiger partial charge in [0.15, 0.2) is 0 Å². The number of hydrogen-bond donors (Lipinski definition) is 0. The first-order chi connectivity index (χ1) is 12.7. The summed E-state index contributed by atoms with van der Waals surface area (Å²) in [5.41, 5.74) is 2.00. The molecule has 0 aliphatic carbocycles. The zero-order chi connectivity index (χ0) is 17.9. The van der Waals surface area contributed by atoms with Crippen LogP contribution in [0.3, 0.4) is 0 Å². The van der Waals surface area contributed by atoms with E-state index in [1.165, 1.54) is 4.57 Å². The Labute approximate surface area is 155 Å². The Hall–Kier alpha value is -3.24. The lowest BCUT2D eigenvalue weighted by molar-refractivity contribution is 0.944. The Morgan fingerprint density at radius 2 is 1.73 bits per heavy atom. The number of rotatable bonds is 3. The normalized spacial score (nSPS) is 11.3. The van der Waals surface area contributed by atoms with Crippen LogP contribution in [-0.4, -0.2) is 14.5 Å². The maximum atomic E-state index is 13.1. The first-order valence-corrected chi connectivity index (χ1v) is 8.46. The standard InChI is InChI=1S/C21H14ClN3O/c22-17-8-2-4-10-19(17)25-20(12-11-15-6-5-13-23-14-15)24-18-9-3-1-7-16(18)21(25)26/h1-14H/b12-11+. The van der Waals surface area contributed by atoms with Crippen LogP contribution in [0, 0.1) is 0 Å². The van der Waals surface area contributed by atoms with Gasteiger partial charge in [-0.1, -0.05) is 41.9 Å². The molecule has 0 spiro atoms. The van der Waals surface area contributed by atoms with Gasteiger partial charge in [0.05, 0.1) is 21.6 Å². The van der Waals surface area contributed by atoms with Crippen molar-refractivity contribution in [3.63, 3.8) is 0 Å². The van der Waals surface area contributed by atoms with Gasteiger partial charge in [0, 0.05) is 12.4 Å². The van der Waals surface area contributed by atoms with Gasteiger partial charge >= 0.3 is 0 Å². The molecule has 4 aromatic rings. The molecule has 4 nitrogen and oxygen atoms in total. The van der Waals surface area contributed by atoms with E-state index in [0.717, 1.165) is 5.56 Å². The van der Waals surface area contributed by atoms with Gasteiger partial charge in [-0.05, 0) is 48.0 Å². The molecule has 0 radical (unpaired) electrons. The van der Waals surface area contributed by atoms with E-state index >= 15 is 0 Å². The van der Waals surface area contributed by atoms with Gasteiger partial charge in [-0.3, -0.25) is 14.3 Å². The van der Waals surface area contributed by atoms with Gasteiger partial charge in [-0.2, -0.15) is 0 Å². The van der Waals surface area contributed by atoms with Crippen LogP contribution in [0.25, 0.3) is 28.7 Å². The summed E-state index contributed by atoms with van der Waals surface area (Å²) in [5.74, 6) is 0.505. The van der Waals surface area contributed by atoms with Gasteiger partial charge in [0.25, 0.3) is 5.56 Å². The number of pyridine rings is 1. The van der Waals surface area contributed by atoms with Gasteiger partial charge in [-0.15, -0.1) is 0 Å². The molecule has 2 aromatic heterocycles. The molecule has 2 heterocycles. The SMILES string of the molecule is O=c1c2ccccc2nc(/C=C/c2cccnc2)n1-c1ccccc1Cl. The topological polar surface area (TPSA) is 47.8 Å². The highest BCUT2D eigenvalue weighted by Crippen LogP contribution is 2.21. The van der Waals surface area contributed by atoms with Crippen LogP contribution in [0.1, 0.15) is 11.4 Å². The highest BCUT2D eigenvalue weighted by molar-refractivity contribution is 6.32. The Morgan fingerprint density at radius 1 is 0.923 bits per heavy atom. The summed E-state index contributed by atoms with van der Waals surface area (Å²) in [5, 5.41) is 1.04. The fourth-order valence-electron chi connectivity index (χ4n) is 2.77. The highest BCUT2D eigenvalue weighted by atomic mass is 35.5. The summed E-state index contributed by atoms with van der Waals surface area (Å²) in [6.45, 7) is 0. The summed E-state index contributed by atoms with van der Waals surface area (Å²) in [7, 11) is 0. The molecule has 0 unspecified atom stereocenters. The van der Waals surface area contributed by atoms with Crippen molar-refractivity contribution in [1.82, 2.24) is 14.5 Å². The molecule has 126 valence electrons. The Morgan fingerprint density at radius 3 is 2.54 bits per heavy atom. The zero-order valence-corrected chi connectivity index (χ0v) is 14.5. The molecule has 26 heavy (non-hydrogen) atoms. The van der Waals surface area contributed by atoms with Crippen LogP contribution in [0.4, 0.5) is 0 Å². The van der Waals surface area contributed by atoms with Crippen LogP contribution in [0.2, 0.25) is 5.02 Å². The number of fused-ring (bicyclic) bond motifs is 1. The van der Waals surface area contributed by atoms with Crippen molar-refractivity contribution in [3.8, 4) is 5.69 Å². The van der Waals surface area contributed by atoms with Crippen molar-refractivity contribution in [3.05, 3.63) is 99.8 Å². The Kier molecular flexibility index (Phi) is 4.33. The molecule has 0 aliphatic rings. The number of nitrogens with zero attached hydrogens (tertiary/aromatic N) is 3. The minimum atomic E-state index is -0.158. The molecule has 0 aliphatic heterocycles. The van der Waals surface area contributed by atoms with E-state index in [2.05, 4.69) is 9.97 Å². The second-order valence-electron chi connectivity index (χ2n) is 5.70. The lowest BCUT2D eigenvalue weighted by atomic mass is 10.2. The van der Waals surface area contributed by atoms with Gasteiger partial charge in [0.2, 0.25) is 0 Å². The van der Waals surface area contributed by atoms with Crippen molar-refractivity contribution in [2.45, 2.75) is 0 Å². The van der Waals surface area contributed by atoms with E-state index < -0.39 is 0 Å². The molecule has 5 heteroatoms. The van der Waals surface area contributed by atoms with E-state index in [4.69, 9.17) is 11.6 Å². The fourth-order valence-corrected chi connectivity index (χ4v) is 2.99. The summed E-state index contributed by atoms with van der Waals surface area (Å²) < 4.78 is 1.54. The van der Waals surface area contributed by atoms with Crippen LogP contribution >= 0.6 is 11.6 Å². The highest BCUT2D eigenvalue weighted by Gasteiger charge is 2.12. The maximum absolute atomic E-state index is 13.1. The Balaban J connectivity index is 1.99. The van der Waals surface area contributed by atoms with Crippen LogP contribution in [0.15, 0.2) is 77.9 Å². The van der Waals surface area contributed by atoms with Gasteiger partial charge < -0.3 is 0 Å². The quantitative estimate of drug-likeness (QED) is 0.537. The van der Waals surface area contributed by atoms with Crippen molar-refractivity contribution in [2.24, 2.45) is 0 Å². The fraction of sp³-hybridized carbons (Fsp3) is 0. The molecule has 0 fully saturated rings. The number of halogens is 1. The number of aromatic nitrogens is 3. The van der Waals surface area contributed by atoms with Crippen molar-refractivity contribution < 1.29 is 0 Å². The molecule has 4 rings (SSSR count). The molecule has 0 amide bonds. The van der Waals surface area contributed by atoms with Crippen LogP contribution in [-0.2, 0) is 0 Å². The minimum absolute atomic E-state index is 0.158. The minimum Gasteiger partial charge on any atom is -0.268 e. The largest absolute Gasteiger partial charge is 0.268 e. The lowest BCUT2D eigenvalue weighted by Gasteiger charge is -2.12. The molecule has 0 atom stereocenters. The number of benzene rings is 2. The van der Waals surface area contributed by atoms with Crippen molar-refractivity contribution in [1.29, 1.82) is 0 Å². The predicted molar refractivity (Wildman–Crippen MR) is 106 cm³/mol. The van der Waals surface area contributed by atoms with Crippen molar-refractivity contribution >= 4 is 34.7 Å².